The van der Waals surface area contributed by atoms with Crippen LogP contribution in [0, 0.1) is 23.4 Å². The summed E-state index contributed by atoms with van der Waals surface area (Å²) in [5, 5.41) is 5.60. The van der Waals surface area contributed by atoms with Crippen molar-refractivity contribution in [2.45, 2.75) is 29.0 Å². The molecule has 1 saturated carbocycles. The smallest absolute Gasteiger partial charge is 0.326 e. The number of benzene rings is 3. The maximum absolute atomic E-state index is 15.0. The van der Waals surface area contributed by atoms with E-state index in [1.165, 1.54) is 11.4 Å². The van der Waals surface area contributed by atoms with Gasteiger partial charge in [0.2, 0.25) is 17.6 Å². The summed E-state index contributed by atoms with van der Waals surface area (Å²) in [6.45, 7) is 0. The Morgan fingerprint density at radius 1 is 0.809 bits per heavy atom. The highest BCUT2D eigenvalue weighted by molar-refractivity contribution is 6.53. The molecule has 0 aliphatic heterocycles. The van der Waals surface area contributed by atoms with E-state index in [1.54, 1.807) is 0 Å². The van der Waals surface area contributed by atoms with E-state index >= 15 is 0 Å². The molecule has 3 N–H and O–H groups in total. The number of amides is 3. The van der Waals surface area contributed by atoms with Gasteiger partial charge < -0.3 is 16.0 Å². The number of nitrogens with one attached hydrogen (secondary N) is 3. The van der Waals surface area contributed by atoms with Gasteiger partial charge in [0.15, 0.2) is 5.82 Å². The summed E-state index contributed by atoms with van der Waals surface area (Å²) < 4.78 is 118. The van der Waals surface area contributed by atoms with Crippen molar-refractivity contribution >= 4 is 75.4 Å². The highest BCUT2D eigenvalue weighted by Gasteiger charge is 2.67. The SMILES string of the molecule is O=C(CC(=O)C(F)(F)F)Nc1c(F)ccc(NC(=O)c2cc(NC(=O)[C@H]3[C@H](c4ccc(F)c(C(F)(F)F)c4)C3(Cl)Cl)ccc2Cl)c1F. The van der Waals surface area contributed by atoms with E-state index in [9.17, 15) is 58.7 Å². The van der Waals surface area contributed by atoms with Gasteiger partial charge in [-0.1, -0.05) is 17.7 Å². The number of ketones is 1. The number of anilines is 3. The second kappa shape index (κ2) is 12.9. The molecule has 19 heteroatoms. The van der Waals surface area contributed by atoms with Crippen molar-refractivity contribution in [3.63, 3.8) is 0 Å². The Morgan fingerprint density at radius 3 is 2.06 bits per heavy atom. The van der Waals surface area contributed by atoms with Crippen LogP contribution in [-0.4, -0.2) is 34.0 Å². The standard InChI is InChI=1S/C28H15Cl3F9N3O4/c29-14-3-2-11(41-25(47)21-20(26(21,30)31)10-1-4-15(32)13(7-10)27(35,36)37)8-12(14)24(46)42-17-6-5-16(33)23(22(17)34)43-19(45)9-18(44)28(38,39)40/h1-8,20-21H,9H2,(H,41,47)(H,42,46)(H,43,45)/t20-,21+/m0/s1. The van der Waals surface area contributed by atoms with Crippen LogP contribution in [0.25, 0.3) is 0 Å². The molecule has 3 aromatic rings. The maximum atomic E-state index is 15.0. The topological polar surface area (TPSA) is 104 Å². The highest BCUT2D eigenvalue weighted by Crippen LogP contribution is 2.65. The van der Waals surface area contributed by atoms with Crippen LogP contribution in [0.1, 0.15) is 33.8 Å². The molecule has 7 nitrogen and oxygen atoms in total. The number of rotatable bonds is 8. The van der Waals surface area contributed by atoms with Gasteiger partial charge in [0, 0.05) is 11.6 Å². The van der Waals surface area contributed by atoms with E-state index in [2.05, 4.69) is 5.32 Å². The van der Waals surface area contributed by atoms with Crippen LogP contribution in [0.4, 0.5) is 56.6 Å². The summed E-state index contributed by atoms with van der Waals surface area (Å²) in [4.78, 5) is 48.7. The van der Waals surface area contributed by atoms with Crippen molar-refractivity contribution in [1.82, 2.24) is 0 Å². The van der Waals surface area contributed by atoms with Gasteiger partial charge in [0.05, 0.1) is 34.2 Å². The Bertz CT molecular complexity index is 1800. The summed E-state index contributed by atoms with van der Waals surface area (Å²) >= 11 is 18.4. The maximum Gasteiger partial charge on any atom is 0.450 e. The second-order valence-electron chi connectivity index (χ2n) is 9.93. The number of hydrogen-bond donors (Lipinski definition) is 3. The normalized spacial score (nSPS) is 17.1. The molecule has 1 fully saturated rings. The first-order valence-corrected chi connectivity index (χ1v) is 13.8. The van der Waals surface area contributed by atoms with Gasteiger partial charge in [-0.15, -0.1) is 23.2 Å². The first-order chi connectivity index (χ1) is 21.6. The third-order valence-electron chi connectivity index (χ3n) is 6.71. The number of hydrogen-bond acceptors (Lipinski definition) is 4. The molecule has 0 bridgehead atoms. The third kappa shape index (κ3) is 7.76. The monoisotopic (exact) mass is 733 g/mol. The van der Waals surface area contributed by atoms with Gasteiger partial charge in [-0.2, -0.15) is 26.3 Å². The van der Waals surface area contributed by atoms with Crippen molar-refractivity contribution in [3.8, 4) is 0 Å². The molecule has 1 aliphatic carbocycles. The Morgan fingerprint density at radius 2 is 1.45 bits per heavy atom. The number of halogens is 12. The fraction of sp³-hybridized carbons (Fsp3) is 0.214. The quantitative estimate of drug-likeness (QED) is 0.124. The van der Waals surface area contributed by atoms with Crippen LogP contribution in [0.15, 0.2) is 48.5 Å². The Kier molecular flexibility index (Phi) is 9.82. The molecule has 250 valence electrons. The lowest BCUT2D eigenvalue weighted by molar-refractivity contribution is -0.171. The van der Waals surface area contributed by atoms with E-state index in [-0.39, 0.29) is 16.3 Å². The zero-order chi connectivity index (χ0) is 35.2. The molecular weight excluding hydrogens is 720 g/mol. The summed E-state index contributed by atoms with van der Waals surface area (Å²) in [6.07, 6.45) is -12.2. The van der Waals surface area contributed by atoms with Crippen molar-refractivity contribution in [3.05, 3.63) is 87.7 Å². The van der Waals surface area contributed by atoms with Crippen molar-refractivity contribution in [2.75, 3.05) is 16.0 Å². The molecule has 2 atom stereocenters. The van der Waals surface area contributed by atoms with Gasteiger partial charge in [0.1, 0.15) is 21.7 Å². The van der Waals surface area contributed by atoms with Gasteiger partial charge in [-0.25, -0.2) is 13.2 Å². The van der Waals surface area contributed by atoms with E-state index in [0.29, 0.717) is 24.3 Å². The van der Waals surface area contributed by atoms with Crippen LogP contribution < -0.4 is 16.0 Å². The summed E-state index contributed by atoms with van der Waals surface area (Å²) in [6, 6.07) is 6.57. The van der Waals surface area contributed by atoms with E-state index in [1.807, 2.05) is 5.32 Å². The minimum Gasteiger partial charge on any atom is -0.326 e. The molecule has 4 rings (SSSR count). The first-order valence-electron chi connectivity index (χ1n) is 12.7. The van der Waals surface area contributed by atoms with Gasteiger partial charge in [-0.3, -0.25) is 19.2 Å². The fourth-order valence-electron chi connectivity index (χ4n) is 4.40. The zero-order valence-electron chi connectivity index (χ0n) is 22.6. The van der Waals surface area contributed by atoms with E-state index in [4.69, 9.17) is 34.8 Å². The number of carbonyl (C=O) groups excluding carboxylic acids is 4. The lowest BCUT2D eigenvalue weighted by atomic mass is 10.0. The fourth-order valence-corrected chi connectivity index (χ4v) is 5.43. The van der Waals surface area contributed by atoms with Crippen LogP contribution in [0.5, 0.6) is 0 Å². The number of Topliss-reactive ketones (excluding diaryl/α,β-unsaturated/α-hetero) is 1. The summed E-state index contributed by atoms with van der Waals surface area (Å²) in [5.41, 5.74) is -4.38. The Hall–Kier alpha value is -4.02. The van der Waals surface area contributed by atoms with Crippen LogP contribution in [0.2, 0.25) is 5.02 Å². The minimum absolute atomic E-state index is 0.128. The molecule has 0 heterocycles. The molecule has 0 saturated heterocycles. The number of carbonyl (C=O) groups is 4. The molecule has 0 aromatic heterocycles. The predicted octanol–water partition coefficient (Wildman–Crippen LogP) is 8.01. The Labute approximate surface area is 272 Å². The van der Waals surface area contributed by atoms with Crippen LogP contribution in [-0.2, 0) is 20.6 Å². The van der Waals surface area contributed by atoms with Gasteiger partial charge >= 0.3 is 12.4 Å². The van der Waals surface area contributed by atoms with Crippen molar-refractivity contribution in [2.24, 2.45) is 5.92 Å². The van der Waals surface area contributed by atoms with E-state index in [0.717, 1.165) is 18.2 Å². The zero-order valence-corrected chi connectivity index (χ0v) is 24.9. The molecule has 1 aliphatic rings. The third-order valence-corrected chi connectivity index (χ3v) is 7.98. The largest absolute Gasteiger partial charge is 0.450 e. The molecule has 3 aromatic carbocycles. The Balaban J connectivity index is 1.50. The lowest BCUT2D eigenvalue weighted by Gasteiger charge is -2.13. The summed E-state index contributed by atoms with van der Waals surface area (Å²) in [5.74, 6) is -13.4. The summed E-state index contributed by atoms with van der Waals surface area (Å²) in [7, 11) is 0. The second-order valence-corrected chi connectivity index (χ2v) is 11.8. The molecule has 47 heavy (non-hydrogen) atoms. The van der Waals surface area contributed by atoms with Gasteiger partial charge in [-0.05, 0) is 48.0 Å². The molecule has 0 spiro atoms. The van der Waals surface area contributed by atoms with Crippen molar-refractivity contribution < 1.29 is 58.7 Å². The first kappa shape index (κ1) is 35.8. The van der Waals surface area contributed by atoms with Crippen LogP contribution in [0.3, 0.4) is 0 Å². The highest BCUT2D eigenvalue weighted by atomic mass is 35.5. The van der Waals surface area contributed by atoms with Crippen molar-refractivity contribution in [1.29, 1.82) is 0 Å². The number of alkyl halides is 8. The molecule has 0 radical (unpaired) electrons. The average Bonchev–Trinajstić information content (AvgIpc) is 3.54. The molecule has 0 unspecified atom stereocenters. The predicted molar refractivity (Wildman–Crippen MR) is 151 cm³/mol. The van der Waals surface area contributed by atoms with Crippen LogP contribution >= 0.6 is 34.8 Å². The lowest BCUT2D eigenvalue weighted by Crippen LogP contribution is -2.28. The molecule has 3 amide bonds. The average molecular weight is 735 g/mol. The minimum atomic E-state index is -5.38. The van der Waals surface area contributed by atoms with E-state index < -0.39 is 98.4 Å². The van der Waals surface area contributed by atoms with Gasteiger partial charge in [0.25, 0.3) is 5.91 Å². The molecular formula is C28H15Cl3F9N3O4.